The van der Waals surface area contributed by atoms with E-state index in [9.17, 15) is 4.39 Å². The third kappa shape index (κ3) is 3.59. The average Bonchev–Trinajstić information content (AvgIpc) is 2.90. The van der Waals surface area contributed by atoms with Crippen molar-refractivity contribution in [3.63, 3.8) is 0 Å². The highest BCUT2D eigenvalue weighted by atomic mass is 32.2. The third-order valence-electron chi connectivity index (χ3n) is 2.97. The number of halogens is 1. The van der Waals surface area contributed by atoms with Gasteiger partial charge in [0.05, 0.1) is 6.04 Å². The average molecular weight is 294 g/mol. The number of imidazole rings is 1. The lowest BCUT2D eigenvalue weighted by Gasteiger charge is -2.17. The van der Waals surface area contributed by atoms with Crippen molar-refractivity contribution in [2.45, 2.75) is 30.8 Å². The Morgan fingerprint density at radius 3 is 2.95 bits per heavy atom. The van der Waals surface area contributed by atoms with Crippen LogP contribution in [0.5, 0.6) is 0 Å². The van der Waals surface area contributed by atoms with Gasteiger partial charge >= 0.3 is 0 Å². The fourth-order valence-electron chi connectivity index (χ4n) is 1.99. The fraction of sp³-hybridized carbons (Fsp3) is 0.357. The van der Waals surface area contributed by atoms with Gasteiger partial charge in [-0.1, -0.05) is 19.1 Å². The van der Waals surface area contributed by atoms with E-state index in [0.29, 0.717) is 10.6 Å². The Morgan fingerprint density at radius 1 is 1.45 bits per heavy atom. The summed E-state index contributed by atoms with van der Waals surface area (Å²) in [5.74, 6) is 6.93. The van der Waals surface area contributed by atoms with Crippen LogP contribution in [0.1, 0.15) is 25.2 Å². The topological polar surface area (TPSA) is 55.9 Å². The molecular formula is C14H19FN4S. The summed E-state index contributed by atoms with van der Waals surface area (Å²) in [5, 5.41) is 0. The van der Waals surface area contributed by atoms with Crippen LogP contribution in [0.25, 0.3) is 0 Å². The van der Waals surface area contributed by atoms with Gasteiger partial charge in [0.1, 0.15) is 11.6 Å². The monoisotopic (exact) mass is 294 g/mol. The molecule has 2 rings (SSSR count). The first-order valence-electron chi connectivity index (χ1n) is 6.60. The molecule has 1 heterocycles. The molecule has 1 unspecified atom stereocenters. The van der Waals surface area contributed by atoms with E-state index >= 15 is 0 Å². The molecule has 0 saturated carbocycles. The number of thioether (sulfide) groups is 1. The van der Waals surface area contributed by atoms with Gasteiger partial charge in [-0.25, -0.2) is 14.8 Å². The number of nitrogens with zero attached hydrogens (tertiary/aromatic N) is 2. The van der Waals surface area contributed by atoms with Gasteiger partial charge in [-0.3, -0.25) is 5.84 Å². The summed E-state index contributed by atoms with van der Waals surface area (Å²) in [5.41, 5.74) is 2.77. The van der Waals surface area contributed by atoms with Gasteiger partial charge in [0.15, 0.2) is 0 Å². The van der Waals surface area contributed by atoms with Crippen LogP contribution in [0.3, 0.4) is 0 Å². The SMILES string of the molecule is CCCn1ccnc1C(CSc1ccccc1F)NN. The molecule has 1 aromatic heterocycles. The molecule has 2 aromatic rings. The van der Waals surface area contributed by atoms with Crippen LogP contribution in [-0.2, 0) is 6.54 Å². The highest BCUT2D eigenvalue weighted by molar-refractivity contribution is 7.99. The number of aromatic nitrogens is 2. The van der Waals surface area contributed by atoms with Crippen molar-refractivity contribution in [3.8, 4) is 0 Å². The van der Waals surface area contributed by atoms with Crippen LogP contribution in [-0.4, -0.2) is 15.3 Å². The minimum atomic E-state index is -0.204. The minimum Gasteiger partial charge on any atom is -0.334 e. The van der Waals surface area contributed by atoms with Gasteiger partial charge in [-0.05, 0) is 18.6 Å². The maximum atomic E-state index is 13.6. The van der Waals surface area contributed by atoms with Gasteiger partial charge in [-0.15, -0.1) is 11.8 Å². The highest BCUT2D eigenvalue weighted by Crippen LogP contribution is 2.25. The van der Waals surface area contributed by atoms with E-state index in [2.05, 4.69) is 21.9 Å². The van der Waals surface area contributed by atoms with Gasteiger partial charge in [0.2, 0.25) is 0 Å². The third-order valence-corrected chi connectivity index (χ3v) is 4.11. The van der Waals surface area contributed by atoms with E-state index in [1.54, 1.807) is 18.3 Å². The van der Waals surface area contributed by atoms with Crippen LogP contribution < -0.4 is 11.3 Å². The second-order valence-electron chi connectivity index (χ2n) is 4.44. The summed E-state index contributed by atoms with van der Waals surface area (Å²) in [6.45, 7) is 3.01. The lowest BCUT2D eigenvalue weighted by molar-refractivity contribution is 0.527. The Balaban J connectivity index is 2.06. The van der Waals surface area contributed by atoms with Crippen molar-refractivity contribution in [3.05, 3.63) is 48.3 Å². The largest absolute Gasteiger partial charge is 0.334 e. The molecular weight excluding hydrogens is 275 g/mol. The molecule has 0 aliphatic carbocycles. The Kier molecular flexibility index (Phi) is 5.58. The van der Waals surface area contributed by atoms with Crippen LogP contribution in [0.2, 0.25) is 0 Å². The second kappa shape index (κ2) is 7.42. The van der Waals surface area contributed by atoms with Gasteiger partial charge in [0, 0.05) is 29.6 Å². The number of benzene rings is 1. The fourth-order valence-corrected chi connectivity index (χ4v) is 2.97. The Labute approximate surface area is 122 Å². The van der Waals surface area contributed by atoms with Crippen molar-refractivity contribution >= 4 is 11.8 Å². The standard InChI is InChI=1S/C14H19FN4S/c1-2-8-19-9-7-17-14(19)12(18-16)10-20-13-6-4-3-5-11(13)15/h3-7,9,12,18H,2,8,10,16H2,1H3. The van der Waals surface area contributed by atoms with Gasteiger partial charge in [0.25, 0.3) is 0 Å². The summed E-state index contributed by atoms with van der Waals surface area (Å²) in [6, 6.07) is 6.64. The first kappa shape index (κ1) is 15.0. The number of nitrogens with two attached hydrogens (primary N) is 1. The lowest BCUT2D eigenvalue weighted by atomic mass is 10.3. The van der Waals surface area contributed by atoms with E-state index in [4.69, 9.17) is 5.84 Å². The summed E-state index contributed by atoms with van der Waals surface area (Å²) in [4.78, 5) is 4.98. The molecule has 0 amide bonds. The van der Waals surface area contributed by atoms with Crippen molar-refractivity contribution in [1.82, 2.24) is 15.0 Å². The highest BCUT2D eigenvalue weighted by Gasteiger charge is 2.16. The van der Waals surface area contributed by atoms with Crippen molar-refractivity contribution < 1.29 is 4.39 Å². The summed E-state index contributed by atoms with van der Waals surface area (Å²) in [7, 11) is 0. The van der Waals surface area contributed by atoms with Crippen LogP contribution >= 0.6 is 11.8 Å². The molecule has 4 nitrogen and oxygen atoms in total. The number of aryl methyl sites for hydroxylation is 1. The number of hydrogen-bond donors (Lipinski definition) is 2. The van der Waals surface area contributed by atoms with Crippen molar-refractivity contribution in [1.29, 1.82) is 0 Å². The minimum absolute atomic E-state index is 0.110. The molecule has 0 fully saturated rings. The van der Waals surface area contributed by atoms with Gasteiger partial charge in [-0.2, -0.15) is 0 Å². The normalized spacial score (nSPS) is 12.6. The zero-order chi connectivity index (χ0) is 14.4. The molecule has 0 saturated heterocycles. The van der Waals surface area contributed by atoms with Crippen LogP contribution in [0, 0.1) is 5.82 Å². The van der Waals surface area contributed by atoms with Crippen molar-refractivity contribution in [2.75, 3.05) is 5.75 Å². The summed E-state index contributed by atoms with van der Waals surface area (Å²) < 4.78 is 15.7. The quantitative estimate of drug-likeness (QED) is 0.468. The number of rotatable bonds is 7. The molecule has 3 N–H and O–H groups in total. The predicted octanol–water partition coefficient (Wildman–Crippen LogP) is 2.73. The molecule has 1 aromatic carbocycles. The van der Waals surface area contributed by atoms with E-state index in [-0.39, 0.29) is 11.9 Å². The Hall–Kier alpha value is -1.37. The summed E-state index contributed by atoms with van der Waals surface area (Å²) in [6.07, 6.45) is 4.74. The molecule has 0 radical (unpaired) electrons. The second-order valence-corrected chi connectivity index (χ2v) is 5.50. The van der Waals surface area contributed by atoms with E-state index in [0.717, 1.165) is 18.8 Å². The van der Waals surface area contributed by atoms with E-state index in [1.165, 1.54) is 17.8 Å². The molecule has 0 aliphatic heterocycles. The van der Waals surface area contributed by atoms with Crippen molar-refractivity contribution in [2.24, 2.45) is 5.84 Å². The predicted molar refractivity (Wildman–Crippen MR) is 79.7 cm³/mol. The van der Waals surface area contributed by atoms with Crippen LogP contribution in [0.4, 0.5) is 4.39 Å². The van der Waals surface area contributed by atoms with E-state index in [1.807, 2.05) is 12.3 Å². The van der Waals surface area contributed by atoms with Gasteiger partial charge < -0.3 is 4.57 Å². The smallest absolute Gasteiger partial charge is 0.136 e. The van der Waals surface area contributed by atoms with E-state index < -0.39 is 0 Å². The molecule has 20 heavy (non-hydrogen) atoms. The number of hydrogen-bond acceptors (Lipinski definition) is 4. The lowest BCUT2D eigenvalue weighted by Crippen LogP contribution is -2.32. The summed E-state index contributed by atoms with van der Waals surface area (Å²) >= 11 is 1.43. The number of nitrogens with one attached hydrogen (secondary N) is 1. The number of hydrazine groups is 1. The Morgan fingerprint density at radius 2 is 2.25 bits per heavy atom. The molecule has 1 atom stereocenters. The van der Waals surface area contributed by atoms with Crippen LogP contribution in [0.15, 0.2) is 41.6 Å². The maximum absolute atomic E-state index is 13.6. The molecule has 0 bridgehead atoms. The maximum Gasteiger partial charge on any atom is 0.136 e. The Bertz CT molecular complexity index is 543. The first-order chi connectivity index (χ1) is 9.76. The molecule has 0 spiro atoms. The molecule has 108 valence electrons. The first-order valence-corrected chi connectivity index (χ1v) is 7.59. The molecule has 0 aliphatic rings. The zero-order valence-electron chi connectivity index (χ0n) is 11.4. The molecule has 6 heteroatoms. The zero-order valence-corrected chi connectivity index (χ0v) is 12.2.